The summed E-state index contributed by atoms with van der Waals surface area (Å²) in [6.07, 6.45) is 4.76. The van der Waals surface area contributed by atoms with Gasteiger partial charge in [0, 0.05) is 18.7 Å². The third-order valence-corrected chi connectivity index (χ3v) is 2.27. The molecule has 0 bridgehead atoms. The summed E-state index contributed by atoms with van der Waals surface area (Å²) in [4.78, 5) is 4.36. The topological polar surface area (TPSA) is 43.3 Å². The van der Waals surface area contributed by atoms with Gasteiger partial charge in [-0.3, -0.25) is 0 Å². The van der Waals surface area contributed by atoms with Crippen molar-refractivity contribution < 1.29 is 0 Å². The molecule has 0 saturated heterocycles. The molecule has 2 aromatic rings. The van der Waals surface area contributed by atoms with Gasteiger partial charge in [-0.25, -0.2) is 4.98 Å². The first kappa shape index (κ1) is 9.21. The lowest BCUT2D eigenvalue weighted by atomic mass is 10.2. The second kappa shape index (κ2) is 3.42. The minimum Gasteiger partial charge on any atom is -0.328 e. The van der Waals surface area contributed by atoms with Gasteiger partial charge in [-0.15, -0.1) is 0 Å². The Hall–Kier alpha value is -1.35. The predicted octanol–water partition coefficient (Wildman–Crippen LogP) is 1.53. The molecule has 3 nitrogen and oxygen atoms in total. The third-order valence-electron chi connectivity index (χ3n) is 2.27. The SMILES string of the molecule is Cc1ccn2c(CC(C)N)ncc2c1. The van der Waals surface area contributed by atoms with Crippen LogP contribution in [-0.2, 0) is 6.42 Å². The van der Waals surface area contributed by atoms with E-state index in [9.17, 15) is 0 Å². The van der Waals surface area contributed by atoms with Gasteiger partial charge in [0.05, 0.1) is 11.7 Å². The third kappa shape index (κ3) is 1.63. The molecule has 0 aliphatic heterocycles. The fourth-order valence-electron chi connectivity index (χ4n) is 1.61. The summed E-state index contributed by atoms with van der Waals surface area (Å²) in [5.74, 6) is 1.04. The van der Waals surface area contributed by atoms with Gasteiger partial charge in [-0.2, -0.15) is 0 Å². The lowest BCUT2D eigenvalue weighted by molar-refractivity contribution is 0.700. The molecule has 0 saturated carbocycles. The van der Waals surface area contributed by atoms with Crippen LogP contribution in [0.3, 0.4) is 0 Å². The number of fused-ring (bicyclic) bond motifs is 1. The maximum Gasteiger partial charge on any atom is 0.114 e. The van der Waals surface area contributed by atoms with Crippen LogP contribution in [0.15, 0.2) is 24.5 Å². The van der Waals surface area contributed by atoms with E-state index in [0.29, 0.717) is 0 Å². The highest BCUT2D eigenvalue weighted by Crippen LogP contribution is 2.10. The van der Waals surface area contributed by atoms with E-state index in [1.807, 2.05) is 13.1 Å². The number of pyridine rings is 1. The molecule has 1 atom stereocenters. The zero-order valence-corrected chi connectivity index (χ0v) is 8.57. The van der Waals surface area contributed by atoms with E-state index in [-0.39, 0.29) is 6.04 Å². The van der Waals surface area contributed by atoms with Crippen LogP contribution in [0, 0.1) is 6.92 Å². The van der Waals surface area contributed by atoms with Crippen LogP contribution in [-0.4, -0.2) is 15.4 Å². The van der Waals surface area contributed by atoms with Crippen molar-refractivity contribution in [2.75, 3.05) is 0 Å². The molecule has 2 aromatic heterocycles. The normalized spacial score (nSPS) is 13.4. The Balaban J connectivity index is 2.47. The second-order valence-electron chi connectivity index (χ2n) is 3.85. The van der Waals surface area contributed by atoms with Gasteiger partial charge in [0.25, 0.3) is 0 Å². The van der Waals surface area contributed by atoms with Crippen LogP contribution in [0.2, 0.25) is 0 Å². The lowest BCUT2D eigenvalue weighted by Gasteiger charge is -2.04. The molecule has 1 unspecified atom stereocenters. The average Bonchev–Trinajstić information content (AvgIpc) is 2.47. The van der Waals surface area contributed by atoms with Crippen molar-refractivity contribution in [2.45, 2.75) is 26.3 Å². The first-order valence-corrected chi connectivity index (χ1v) is 4.85. The number of rotatable bonds is 2. The molecule has 2 heterocycles. The molecular weight excluding hydrogens is 174 g/mol. The number of aromatic nitrogens is 2. The molecule has 0 aromatic carbocycles. The van der Waals surface area contributed by atoms with E-state index in [0.717, 1.165) is 17.8 Å². The van der Waals surface area contributed by atoms with E-state index in [2.05, 4.69) is 34.6 Å². The highest BCUT2D eigenvalue weighted by atomic mass is 15.0. The molecule has 0 radical (unpaired) electrons. The Morgan fingerprint density at radius 2 is 2.36 bits per heavy atom. The number of aryl methyl sites for hydroxylation is 1. The highest BCUT2D eigenvalue weighted by Gasteiger charge is 2.05. The molecule has 74 valence electrons. The van der Waals surface area contributed by atoms with Gasteiger partial charge >= 0.3 is 0 Å². The highest BCUT2D eigenvalue weighted by molar-refractivity contribution is 5.48. The van der Waals surface area contributed by atoms with Crippen molar-refractivity contribution in [3.05, 3.63) is 35.9 Å². The molecule has 0 amide bonds. The van der Waals surface area contributed by atoms with Gasteiger partial charge in [0.2, 0.25) is 0 Å². The standard InChI is InChI=1S/C11H15N3/c1-8-3-4-14-10(5-8)7-13-11(14)6-9(2)12/h3-5,7,9H,6,12H2,1-2H3. The molecule has 0 aliphatic rings. The minimum atomic E-state index is 0.155. The Kier molecular flexibility index (Phi) is 2.25. The van der Waals surface area contributed by atoms with E-state index >= 15 is 0 Å². The van der Waals surface area contributed by atoms with E-state index < -0.39 is 0 Å². The van der Waals surface area contributed by atoms with Gasteiger partial charge in [0.1, 0.15) is 5.82 Å². The molecule has 14 heavy (non-hydrogen) atoms. The summed E-state index contributed by atoms with van der Waals surface area (Å²) in [6.45, 7) is 4.08. The zero-order valence-electron chi connectivity index (χ0n) is 8.57. The lowest BCUT2D eigenvalue weighted by Crippen LogP contribution is -2.19. The Bertz CT molecular complexity index is 443. The van der Waals surface area contributed by atoms with Gasteiger partial charge in [-0.1, -0.05) is 0 Å². The van der Waals surface area contributed by atoms with E-state index in [1.165, 1.54) is 5.56 Å². The summed E-state index contributed by atoms with van der Waals surface area (Å²) < 4.78 is 2.09. The summed E-state index contributed by atoms with van der Waals surface area (Å²) in [5.41, 5.74) is 8.15. The smallest absolute Gasteiger partial charge is 0.114 e. The molecule has 0 spiro atoms. The summed E-state index contributed by atoms with van der Waals surface area (Å²) >= 11 is 0. The fraction of sp³-hybridized carbons (Fsp3) is 0.364. The van der Waals surface area contributed by atoms with Crippen LogP contribution < -0.4 is 5.73 Å². The number of hydrogen-bond acceptors (Lipinski definition) is 2. The van der Waals surface area contributed by atoms with Crippen LogP contribution in [0.5, 0.6) is 0 Å². The molecule has 0 fully saturated rings. The van der Waals surface area contributed by atoms with Crippen molar-refractivity contribution in [1.82, 2.24) is 9.38 Å². The number of imidazole rings is 1. The van der Waals surface area contributed by atoms with Crippen molar-refractivity contribution >= 4 is 5.52 Å². The van der Waals surface area contributed by atoms with Gasteiger partial charge in [-0.05, 0) is 31.5 Å². The molecule has 2 N–H and O–H groups in total. The van der Waals surface area contributed by atoms with E-state index in [4.69, 9.17) is 5.73 Å². The van der Waals surface area contributed by atoms with Gasteiger partial charge < -0.3 is 10.1 Å². The Morgan fingerprint density at radius 3 is 3.07 bits per heavy atom. The summed E-state index contributed by atoms with van der Waals surface area (Å²) in [5, 5.41) is 0. The fourth-order valence-corrected chi connectivity index (χ4v) is 1.61. The monoisotopic (exact) mass is 189 g/mol. The van der Waals surface area contributed by atoms with Crippen LogP contribution in [0.25, 0.3) is 5.52 Å². The number of nitrogens with two attached hydrogens (primary N) is 1. The van der Waals surface area contributed by atoms with Crippen molar-refractivity contribution in [1.29, 1.82) is 0 Å². The largest absolute Gasteiger partial charge is 0.328 e. The number of hydrogen-bond donors (Lipinski definition) is 1. The zero-order chi connectivity index (χ0) is 10.1. The molecule has 3 heteroatoms. The second-order valence-corrected chi connectivity index (χ2v) is 3.85. The molecule has 0 aliphatic carbocycles. The van der Waals surface area contributed by atoms with Crippen LogP contribution in [0.4, 0.5) is 0 Å². The first-order valence-electron chi connectivity index (χ1n) is 4.85. The molecular formula is C11H15N3. The Morgan fingerprint density at radius 1 is 1.57 bits per heavy atom. The van der Waals surface area contributed by atoms with Crippen LogP contribution in [0.1, 0.15) is 18.3 Å². The minimum absolute atomic E-state index is 0.155. The maximum atomic E-state index is 5.75. The molecule has 2 rings (SSSR count). The Labute approximate surface area is 83.6 Å². The predicted molar refractivity (Wildman–Crippen MR) is 57.3 cm³/mol. The van der Waals surface area contributed by atoms with Crippen molar-refractivity contribution in [2.24, 2.45) is 5.73 Å². The summed E-state index contributed by atoms with van der Waals surface area (Å²) in [7, 11) is 0. The number of nitrogens with zero attached hydrogens (tertiary/aromatic N) is 2. The van der Waals surface area contributed by atoms with E-state index in [1.54, 1.807) is 0 Å². The summed E-state index contributed by atoms with van der Waals surface area (Å²) in [6, 6.07) is 4.36. The first-order chi connectivity index (χ1) is 6.66. The van der Waals surface area contributed by atoms with Crippen LogP contribution >= 0.6 is 0 Å². The average molecular weight is 189 g/mol. The van der Waals surface area contributed by atoms with Crippen molar-refractivity contribution in [3.8, 4) is 0 Å². The van der Waals surface area contributed by atoms with Crippen molar-refractivity contribution in [3.63, 3.8) is 0 Å². The quantitative estimate of drug-likeness (QED) is 0.778. The van der Waals surface area contributed by atoms with Gasteiger partial charge in [0.15, 0.2) is 0 Å². The maximum absolute atomic E-state index is 5.75.